The molecule has 2 aliphatic rings. The Kier molecular flexibility index (Phi) is 4.81. The summed E-state index contributed by atoms with van der Waals surface area (Å²) in [5.41, 5.74) is -1.04. The molecule has 2 fully saturated rings. The number of carbonyl (C=O) groups excluding carboxylic acids is 2. The average molecular weight is 366 g/mol. The molecule has 2 heterocycles. The lowest BCUT2D eigenvalue weighted by Gasteiger charge is -2.30. The molecule has 0 aliphatic carbocycles. The molecule has 0 aromatic heterocycles. The second-order valence-corrected chi connectivity index (χ2v) is 6.97. The van der Waals surface area contributed by atoms with E-state index in [4.69, 9.17) is 14.2 Å². The third kappa shape index (κ3) is 3.07. The van der Waals surface area contributed by atoms with E-state index in [0.717, 1.165) is 12.8 Å². The summed E-state index contributed by atoms with van der Waals surface area (Å²) >= 11 is 0. The Morgan fingerprint density at radius 1 is 0.704 bits per heavy atom. The van der Waals surface area contributed by atoms with Crippen molar-refractivity contribution in [2.75, 3.05) is 13.2 Å². The number of carbonyl (C=O) groups is 2. The third-order valence-electron chi connectivity index (χ3n) is 5.37. The zero-order valence-corrected chi connectivity index (χ0v) is 15.1. The van der Waals surface area contributed by atoms with Crippen LogP contribution in [0.25, 0.3) is 0 Å². The lowest BCUT2D eigenvalue weighted by Crippen LogP contribution is -2.44. The first-order valence-corrected chi connectivity index (χ1v) is 9.33. The minimum atomic E-state index is -1.23. The van der Waals surface area contributed by atoms with E-state index in [9.17, 15) is 9.59 Å². The SMILES string of the molecule is O=C(OC(=O)[C@@]1(c2ccccc2)CCCO1)[C@@]1(c2ccccc2)CCCO1. The van der Waals surface area contributed by atoms with E-state index in [1.807, 2.05) is 60.7 Å². The van der Waals surface area contributed by atoms with Gasteiger partial charge in [0, 0.05) is 13.2 Å². The number of benzene rings is 2. The van der Waals surface area contributed by atoms with Crippen LogP contribution in [-0.4, -0.2) is 25.2 Å². The first-order chi connectivity index (χ1) is 13.2. The minimum absolute atomic E-state index is 0.457. The van der Waals surface area contributed by atoms with Crippen molar-refractivity contribution >= 4 is 11.9 Å². The molecule has 0 radical (unpaired) electrons. The summed E-state index contributed by atoms with van der Waals surface area (Å²) in [5, 5.41) is 0. The van der Waals surface area contributed by atoms with Gasteiger partial charge >= 0.3 is 11.9 Å². The van der Waals surface area contributed by atoms with E-state index < -0.39 is 23.1 Å². The van der Waals surface area contributed by atoms with E-state index in [0.29, 0.717) is 37.2 Å². The number of rotatable bonds is 4. The highest BCUT2D eigenvalue weighted by Crippen LogP contribution is 2.41. The summed E-state index contributed by atoms with van der Waals surface area (Å²) in [7, 11) is 0. The van der Waals surface area contributed by atoms with E-state index in [2.05, 4.69) is 0 Å². The molecule has 27 heavy (non-hydrogen) atoms. The van der Waals surface area contributed by atoms with Crippen molar-refractivity contribution in [2.45, 2.75) is 36.9 Å². The van der Waals surface area contributed by atoms with Crippen LogP contribution in [0.3, 0.4) is 0 Å². The molecule has 2 aromatic rings. The minimum Gasteiger partial charge on any atom is -0.388 e. The van der Waals surface area contributed by atoms with Crippen molar-refractivity contribution in [3.63, 3.8) is 0 Å². The van der Waals surface area contributed by atoms with Crippen LogP contribution in [0.5, 0.6) is 0 Å². The van der Waals surface area contributed by atoms with E-state index in [1.54, 1.807) is 0 Å². The summed E-state index contributed by atoms with van der Waals surface area (Å²) < 4.78 is 17.1. The van der Waals surface area contributed by atoms with E-state index >= 15 is 0 Å². The van der Waals surface area contributed by atoms with Crippen LogP contribution < -0.4 is 0 Å². The van der Waals surface area contributed by atoms with Gasteiger partial charge in [0.05, 0.1) is 0 Å². The first-order valence-electron chi connectivity index (χ1n) is 9.33. The van der Waals surface area contributed by atoms with E-state index in [-0.39, 0.29) is 0 Å². The molecule has 0 spiro atoms. The molecule has 2 aromatic carbocycles. The van der Waals surface area contributed by atoms with Gasteiger partial charge in [-0.05, 0) is 36.8 Å². The van der Waals surface area contributed by atoms with Gasteiger partial charge in [0.1, 0.15) is 0 Å². The van der Waals surface area contributed by atoms with Gasteiger partial charge in [-0.25, -0.2) is 9.59 Å². The fraction of sp³-hybridized carbons (Fsp3) is 0.364. The van der Waals surface area contributed by atoms with Crippen LogP contribution in [0, 0.1) is 0 Å². The van der Waals surface area contributed by atoms with Crippen LogP contribution >= 0.6 is 0 Å². The smallest absolute Gasteiger partial charge is 0.350 e. The van der Waals surface area contributed by atoms with Gasteiger partial charge in [-0.3, -0.25) is 0 Å². The molecule has 4 rings (SSSR count). The fourth-order valence-corrected chi connectivity index (χ4v) is 3.96. The Balaban J connectivity index is 1.62. The highest BCUT2D eigenvalue weighted by molar-refractivity contribution is 5.95. The molecule has 2 atom stereocenters. The van der Waals surface area contributed by atoms with Crippen LogP contribution in [0.15, 0.2) is 60.7 Å². The van der Waals surface area contributed by atoms with Gasteiger partial charge in [-0.15, -0.1) is 0 Å². The second-order valence-electron chi connectivity index (χ2n) is 6.97. The Morgan fingerprint density at radius 2 is 1.11 bits per heavy atom. The number of esters is 2. The van der Waals surface area contributed by atoms with Gasteiger partial charge in [0.25, 0.3) is 0 Å². The maximum Gasteiger partial charge on any atom is 0.350 e. The van der Waals surface area contributed by atoms with Crippen LogP contribution in [0.2, 0.25) is 0 Å². The molecular weight excluding hydrogens is 344 g/mol. The second kappa shape index (κ2) is 7.25. The molecule has 2 aliphatic heterocycles. The summed E-state index contributed by atoms with van der Waals surface area (Å²) in [6.07, 6.45) is 2.45. The van der Waals surface area contributed by atoms with Gasteiger partial charge < -0.3 is 14.2 Å². The van der Waals surface area contributed by atoms with Gasteiger partial charge in [0.15, 0.2) is 11.2 Å². The van der Waals surface area contributed by atoms with Crippen molar-refractivity contribution in [1.29, 1.82) is 0 Å². The van der Waals surface area contributed by atoms with Crippen molar-refractivity contribution in [1.82, 2.24) is 0 Å². The standard InChI is InChI=1S/C22H22O5/c23-19(21(13-7-15-25-21)17-9-3-1-4-10-17)27-20(24)22(14-8-16-26-22)18-11-5-2-6-12-18/h1-6,9-12H,7-8,13-16H2/t21-,22-/m0/s1. The summed E-state index contributed by atoms with van der Waals surface area (Å²) in [5.74, 6) is -1.33. The van der Waals surface area contributed by atoms with Gasteiger partial charge in [-0.1, -0.05) is 60.7 Å². The number of ether oxygens (including phenoxy) is 3. The Morgan fingerprint density at radius 3 is 1.44 bits per heavy atom. The van der Waals surface area contributed by atoms with Crippen LogP contribution in [0.4, 0.5) is 0 Å². The highest BCUT2D eigenvalue weighted by Gasteiger charge is 2.51. The van der Waals surface area contributed by atoms with Crippen molar-refractivity contribution in [2.24, 2.45) is 0 Å². The monoisotopic (exact) mass is 366 g/mol. The van der Waals surface area contributed by atoms with E-state index in [1.165, 1.54) is 0 Å². The normalized spacial score (nSPS) is 27.4. The fourth-order valence-electron chi connectivity index (χ4n) is 3.96. The van der Waals surface area contributed by atoms with Gasteiger partial charge in [0.2, 0.25) is 0 Å². The highest BCUT2D eigenvalue weighted by atomic mass is 16.6. The maximum atomic E-state index is 13.1. The Bertz CT molecular complexity index is 734. The quantitative estimate of drug-likeness (QED) is 0.612. The molecule has 5 nitrogen and oxygen atoms in total. The topological polar surface area (TPSA) is 61.8 Å². The lowest BCUT2D eigenvalue weighted by molar-refractivity contribution is -0.188. The molecule has 0 saturated carbocycles. The molecule has 140 valence electrons. The molecule has 2 saturated heterocycles. The Hall–Kier alpha value is -2.50. The van der Waals surface area contributed by atoms with Crippen molar-refractivity contribution in [3.05, 3.63) is 71.8 Å². The lowest BCUT2D eigenvalue weighted by atomic mass is 9.89. The van der Waals surface area contributed by atoms with Crippen molar-refractivity contribution in [3.8, 4) is 0 Å². The number of hydrogen-bond acceptors (Lipinski definition) is 5. The predicted molar refractivity (Wildman–Crippen MR) is 97.7 cm³/mol. The molecule has 5 heteroatoms. The third-order valence-corrected chi connectivity index (χ3v) is 5.37. The Labute approximate surface area is 158 Å². The van der Waals surface area contributed by atoms with Crippen molar-refractivity contribution < 1.29 is 23.8 Å². The molecule has 0 N–H and O–H groups in total. The average Bonchev–Trinajstić information content (AvgIpc) is 3.41. The molecule has 0 unspecified atom stereocenters. The van der Waals surface area contributed by atoms with Gasteiger partial charge in [-0.2, -0.15) is 0 Å². The zero-order chi connectivity index (χ0) is 18.7. The summed E-state index contributed by atoms with van der Waals surface area (Å²) in [6, 6.07) is 18.5. The number of hydrogen-bond donors (Lipinski definition) is 0. The first kappa shape index (κ1) is 17.9. The summed E-state index contributed by atoms with van der Waals surface area (Å²) in [6.45, 7) is 0.914. The molecular formula is C22H22O5. The summed E-state index contributed by atoms with van der Waals surface area (Å²) in [4.78, 5) is 26.2. The maximum absolute atomic E-state index is 13.1. The zero-order valence-electron chi connectivity index (χ0n) is 15.1. The largest absolute Gasteiger partial charge is 0.388 e. The predicted octanol–water partition coefficient (Wildman–Crippen LogP) is 3.47. The molecule has 0 bridgehead atoms. The van der Waals surface area contributed by atoms with Crippen LogP contribution in [0.1, 0.15) is 36.8 Å². The molecule has 0 amide bonds. The van der Waals surface area contributed by atoms with Crippen LogP contribution in [-0.2, 0) is 35.0 Å².